The summed E-state index contributed by atoms with van der Waals surface area (Å²) in [5.74, 6) is 0.176. The predicted molar refractivity (Wildman–Crippen MR) is 68.0 cm³/mol. The number of rotatable bonds is 0. The fourth-order valence-electron chi connectivity index (χ4n) is 3.54. The first-order valence-electron chi connectivity index (χ1n) is 6.91. The van der Waals surface area contributed by atoms with Crippen LogP contribution in [-0.2, 0) is 14.3 Å². The molecule has 2 saturated heterocycles. The number of esters is 1. The zero-order valence-corrected chi connectivity index (χ0v) is 11.5. The zero-order valence-electron chi connectivity index (χ0n) is 11.5. The molecule has 0 aromatic carbocycles. The first-order valence-corrected chi connectivity index (χ1v) is 6.91. The van der Waals surface area contributed by atoms with Gasteiger partial charge in [-0.15, -0.1) is 0 Å². The van der Waals surface area contributed by atoms with E-state index in [1.165, 1.54) is 0 Å². The Hall–Kier alpha value is -0.830. The molecular formula is C15H22O3. The molecule has 1 aliphatic carbocycles. The summed E-state index contributed by atoms with van der Waals surface area (Å²) < 4.78 is 11.4. The Morgan fingerprint density at radius 2 is 2.00 bits per heavy atom. The first kappa shape index (κ1) is 12.2. The molecule has 0 bridgehead atoms. The number of hydrogen-bond acceptors (Lipinski definition) is 3. The van der Waals surface area contributed by atoms with Gasteiger partial charge in [-0.05, 0) is 52.0 Å². The van der Waals surface area contributed by atoms with Gasteiger partial charge in [0.1, 0.15) is 6.10 Å². The van der Waals surface area contributed by atoms with E-state index < -0.39 is 5.41 Å². The average molecular weight is 250 g/mol. The smallest absolute Gasteiger partial charge is 0.312 e. The third kappa shape index (κ3) is 1.63. The van der Waals surface area contributed by atoms with Gasteiger partial charge in [0.2, 0.25) is 0 Å². The van der Waals surface area contributed by atoms with Gasteiger partial charge in [0.15, 0.2) is 0 Å². The van der Waals surface area contributed by atoms with Crippen molar-refractivity contribution in [2.45, 2.75) is 64.3 Å². The molecule has 0 aromatic heterocycles. The van der Waals surface area contributed by atoms with Crippen molar-refractivity contribution in [3.8, 4) is 0 Å². The summed E-state index contributed by atoms with van der Waals surface area (Å²) in [4.78, 5) is 12.0. The highest BCUT2D eigenvalue weighted by atomic mass is 16.6. The number of ether oxygens (including phenoxy) is 2. The molecule has 1 saturated carbocycles. The standard InChI is InChI=1S/C15H22O3/c1-9-5-6-11-15(4,18-11)8-7-10-12(9)17-13(16)14(10,2)3/h10-12H,1,5-8H2,2-4H3/t10-,11+,12-,15-/m1/s1. The molecule has 3 heteroatoms. The summed E-state index contributed by atoms with van der Waals surface area (Å²) >= 11 is 0. The lowest BCUT2D eigenvalue weighted by molar-refractivity contribution is -0.146. The van der Waals surface area contributed by atoms with Crippen LogP contribution in [0.4, 0.5) is 0 Å². The van der Waals surface area contributed by atoms with Crippen molar-refractivity contribution in [2.24, 2.45) is 11.3 Å². The van der Waals surface area contributed by atoms with Crippen LogP contribution < -0.4 is 0 Å². The lowest BCUT2D eigenvalue weighted by atomic mass is 9.73. The fraction of sp³-hybridized carbons (Fsp3) is 0.800. The fourth-order valence-corrected chi connectivity index (χ4v) is 3.54. The van der Waals surface area contributed by atoms with E-state index in [4.69, 9.17) is 9.47 Å². The van der Waals surface area contributed by atoms with Gasteiger partial charge in [0.25, 0.3) is 0 Å². The molecule has 4 atom stereocenters. The second-order valence-electron chi connectivity index (χ2n) is 6.81. The van der Waals surface area contributed by atoms with Crippen molar-refractivity contribution in [3.63, 3.8) is 0 Å². The van der Waals surface area contributed by atoms with Gasteiger partial charge in [0.05, 0.1) is 17.1 Å². The van der Waals surface area contributed by atoms with Crippen molar-refractivity contribution < 1.29 is 14.3 Å². The van der Waals surface area contributed by atoms with E-state index in [1.807, 2.05) is 13.8 Å². The lowest BCUT2D eigenvalue weighted by Gasteiger charge is -2.26. The van der Waals surface area contributed by atoms with E-state index in [2.05, 4.69) is 13.5 Å². The van der Waals surface area contributed by atoms with Crippen LogP contribution in [0.5, 0.6) is 0 Å². The van der Waals surface area contributed by atoms with Crippen molar-refractivity contribution in [3.05, 3.63) is 12.2 Å². The van der Waals surface area contributed by atoms with Crippen molar-refractivity contribution in [1.82, 2.24) is 0 Å². The minimum atomic E-state index is -0.390. The van der Waals surface area contributed by atoms with Crippen LogP contribution in [-0.4, -0.2) is 23.8 Å². The van der Waals surface area contributed by atoms with Crippen LogP contribution in [0.25, 0.3) is 0 Å². The molecule has 0 amide bonds. The summed E-state index contributed by atoms with van der Waals surface area (Å²) in [6.07, 6.45) is 4.23. The number of carbonyl (C=O) groups is 1. The van der Waals surface area contributed by atoms with E-state index in [0.29, 0.717) is 6.10 Å². The van der Waals surface area contributed by atoms with Gasteiger partial charge in [-0.3, -0.25) is 4.79 Å². The molecule has 2 heterocycles. The maximum atomic E-state index is 12.0. The maximum Gasteiger partial charge on any atom is 0.312 e. The topological polar surface area (TPSA) is 38.8 Å². The molecule has 3 rings (SSSR count). The summed E-state index contributed by atoms with van der Waals surface area (Å²) in [7, 11) is 0. The summed E-state index contributed by atoms with van der Waals surface area (Å²) in [6.45, 7) is 10.3. The van der Waals surface area contributed by atoms with Crippen molar-refractivity contribution in [2.75, 3.05) is 0 Å². The maximum absolute atomic E-state index is 12.0. The minimum Gasteiger partial charge on any atom is -0.457 e. The Labute approximate surface area is 109 Å². The molecule has 0 spiro atoms. The highest BCUT2D eigenvalue weighted by Gasteiger charge is 2.57. The average Bonchev–Trinajstić information content (AvgIpc) is 2.86. The van der Waals surface area contributed by atoms with Gasteiger partial charge < -0.3 is 9.47 Å². The van der Waals surface area contributed by atoms with E-state index in [-0.39, 0.29) is 23.6 Å². The largest absolute Gasteiger partial charge is 0.457 e. The number of carbonyl (C=O) groups excluding carboxylic acids is 1. The molecule has 0 radical (unpaired) electrons. The number of epoxide rings is 1. The molecule has 0 N–H and O–H groups in total. The molecular weight excluding hydrogens is 228 g/mol. The number of hydrogen-bond donors (Lipinski definition) is 0. The van der Waals surface area contributed by atoms with E-state index >= 15 is 0 Å². The Morgan fingerprint density at radius 1 is 1.28 bits per heavy atom. The minimum absolute atomic E-state index is 0.0386. The highest BCUT2D eigenvalue weighted by molar-refractivity contribution is 5.79. The molecule has 2 aliphatic heterocycles. The zero-order chi connectivity index (χ0) is 13.1. The Kier molecular flexibility index (Phi) is 2.44. The summed E-state index contributed by atoms with van der Waals surface area (Å²) in [6, 6.07) is 0. The van der Waals surface area contributed by atoms with Crippen molar-refractivity contribution >= 4 is 5.97 Å². The predicted octanol–water partition coefficient (Wildman–Crippen LogP) is 2.84. The van der Waals surface area contributed by atoms with Crippen LogP contribution in [0.2, 0.25) is 0 Å². The molecule has 18 heavy (non-hydrogen) atoms. The van der Waals surface area contributed by atoms with Crippen LogP contribution in [0.15, 0.2) is 12.2 Å². The van der Waals surface area contributed by atoms with E-state index in [1.54, 1.807) is 0 Å². The molecule has 100 valence electrons. The number of fused-ring (bicyclic) bond motifs is 2. The molecule has 3 aliphatic rings. The highest BCUT2D eigenvalue weighted by Crippen LogP contribution is 2.51. The van der Waals surface area contributed by atoms with Crippen LogP contribution in [0, 0.1) is 11.3 Å². The lowest BCUT2D eigenvalue weighted by Crippen LogP contribution is -2.30. The summed E-state index contributed by atoms with van der Waals surface area (Å²) in [5, 5.41) is 0. The third-order valence-corrected chi connectivity index (χ3v) is 5.17. The summed E-state index contributed by atoms with van der Waals surface area (Å²) in [5.41, 5.74) is 0.717. The quantitative estimate of drug-likeness (QED) is 0.377. The van der Waals surface area contributed by atoms with E-state index in [9.17, 15) is 4.79 Å². The van der Waals surface area contributed by atoms with E-state index in [0.717, 1.165) is 31.3 Å². The second kappa shape index (κ2) is 3.60. The molecule has 0 unspecified atom stereocenters. The SMILES string of the molecule is C=C1CC[C@@H]2O[C@]2(C)CC[C@@H]2[C@@H]1OC(=O)C2(C)C. The Bertz CT molecular complexity index is 412. The van der Waals surface area contributed by atoms with Crippen LogP contribution in [0.3, 0.4) is 0 Å². The molecule has 3 fully saturated rings. The molecule has 0 aromatic rings. The first-order chi connectivity index (χ1) is 8.34. The Balaban J connectivity index is 1.87. The van der Waals surface area contributed by atoms with Gasteiger partial charge in [0, 0.05) is 5.92 Å². The van der Waals surface area contributed by atoms with Crippen LogP contribution in [0.1, 0.15) is 46.5 Å². The monoisotopic (exact) mass is 250 g/mol. The van der Waals surface area contributed by atoms with Gasteiger partial charge in [-0.2, -0.15) is 0 Å². The normalized spacial score (nSPS) is 46.3. The Morgan fingerprint density at radius 3 is 2.72 bits per heavy atom. The van der Waals surface area contributed by atoms with Gasteiger partial charge >= 0.3 is 5.97 Å². The van der Waals surface area contributed by atoms with Gasteiger partial charge in [-0.25, -0.2) is 0 Å². The third-order valence-electron chi connectivity index (χ3n) is 5.17. The van der Waals surface area contributed by atoms with Gasteiger partial charge in [-0.1, -0.05) is 6.58 Å². The second-order valence-corrected chi connectivity index (χ2v) is 6.81. The van der Waals surface area contributed by atoms with Crippen LogP contribution >= 0.6 is 0 Å². The van der Waals surface area contributed by atoms with Crippen molar-refractivity contribution in [1.29, 1.82) is 0 Å². The molecule has 3 nitrogen and oxygen atoms in total.